The largest absolute Gasteiger partial charge is 0.464 e. The van der Waals surface area contributed by atoms with Gasteiger partial charge in [-0.2, -0.15) is 0 Å². The number of unbranched alkanes of at least 4 members (excludes halogenated alkanes) is 1. The highest BCUT2D eigenvalue weighted by Crippen LogP contribution is 2.39. The zero-order chi connectivity index (χ0) is 21.7. The summed E-state index contributed by atoms with van der Waals surface area (Å²) < 4.78 is 5.11. The van der Waals surface area contributed by atoms with Gasteiger partial charge in [-0.05, 0) is 37.6 Å². The van der Waals surface area contributed by atoms with Crippen LogP contribution in [0.4, 0.5) is 0 Å². The zero-order valence-electron chi connectivity index (χ0n) is 17.3. The van der Waals surface area contributed by atoms with E-state index in [0.29, 0.717) is 25.8 Å². The minimum Gasteiger partial charge on any atom is -0.464 e. The number of nitrogens with two attached hydrogens (primary N) is 1. The molecule has 1 amide bonds. The predicted octanol–water partition coefficient (Wildman–Crippen LogP) is 2.00. The normalized spacial score (nSPS) is 15.9. The molecule has 1 atom stereocenters. The fourth-order valence-corrected chi connectivity index (χ4v) is 4.30. The van der Waals surface area contributed by atoms with E-state index in [0.717, 1.165) is 43.9 Å². The molecule has 0 aliphatic heterocycles. The number of esters is 1. The van der Waals surface area contributed by atoms with Gasteiger partial charge in [-0.25, -0.2) is 4.79 Å². The number of thioether (sulfide) groups is 1. The number of carbonyl (C=O) groups is 3. The molecule has 0 spiro atoms. The average Bonchev–Trinajstić information content (AvgIpc) is 2.67. The van der Waals surface area contributed by atoms with Gasteiger partial charge >= 0.3 is 5.97 Å². The molecular formula is C18H32ClN3O7S. The highest BCUT2D eigenvalue weighted by atomic mass is 35.5. The Morgan fingerprint density at radius 1 is 1.20 bits per heavy atom. The van der Waals surface area contributed by atoms with E-state index < -0.39 is 23.0 Å². The van der Waals surface area contributed by atoms with Gasteiger partial charge in [0.25, 0.3) is 5.09 Å². The van der Waals surface area contributed by atoms with E-state index in [4.69, 9.17) is 10.5 Å². The SMILES string of the molecule is CC(=O)NC(CSC(=O)CC1(CN)CCCCC1)C(=O)OCCCCO[N+](=O)[O-].Cl. The van der Waals surface area contributed by atoms with E-state index in [1.165, 1.54) is 6.92 Å². The van der Waals surface area contributed by atoms with E-state index >= 15 is 0 Å². The molecule has 30 heavy (non-hydrogen) atoms. The molecule has 1 aliphatic rings. The molecule has 1 unspecified atom stereocenters. The topological polar surface area (TPSA) is 151 Å². The van der Waals surface area contributed by atoms with Crippen molar-refractivity contribution in [3.05, 3.63) is 10.1 Å². The van der Waals surface area contributed by atoms with Crippen molar-refractivity contribution < 1.29 is 29.0 Å². The molecule has 0 radical (unpaired) electrons. The summed E-state index contributed by atoms with van der Waals surface area (Å²) in [5.41, 5.74) is 5.77. The van der Waals surface area contributed by atoms with Crippen LogP contribution in [0.5, 0.6) is 0 Å². The van der Waals surface area contributed by atoms with Crippen molar-refractivity contribution in [2.45, 2.75) is 64.3 Å². The van der Waals surface area contributed by atoms with Crippen LogP contribution in [0.25, 0.3) is 0 Å². The van der Waals surface area contributed by atoms with Crippen LogP contribution >= 0.6 is 24.2 Å². The van der Waals surface area contributed by atoms with Crippen molar-refractivity contribution >= 4 is 41.2 Å². The third-order valence-corrected chi connectivity index (χ3v) is 5.89. The Kier molecular flexibility index (Phi) is 14.4. The fourth-order valence-electron chi connectivity index (χ4n) is 3.32. The summed E-state index contributed by atoms with van der Waals surface area (Å²) in [5.74, 6) is -0.950. The predicted molar refractivity (Wildman–Crippen MR) is 115 cm³/mol. The summed E-state index contributed by atoms with van der Waals surface area (Å²) >= 11 is 1.01. The van der Waals surface area contributed by atoms with Crippen molar-refractivity contribution in [2.75, 3.05) is 25.5 Å². The number of amides is 1. The fraction of sp³-hybridized carbons (Fsp3) is 0.833. The number of halogens is 1. The van der Waals surface area contributed by atoms with Crippen LogP contribution in [-0.4, -0.2) is 53.6 Å². The number of carbonyl (C=O) groups excluding carboxylic acids is 3. The van der Waals surface area contributed by atoms with Gasteiger partial charge in [0.05, 0.1) is 13.2 Å². The minimum absolute atomic E-state index is 0. The molecule has 0 heterocycles. The second kappa shape index (κ2) is 15.2. The molecular weight excluding hydrogens is 438 g/mol. The number of nitrogens with zero attached hydrogens (tertiary/aromatic N) is 1. The molecule has 1 rings (SSSR count). The van der Waals surface area contributed by atoms with Gasteiger partial charge in [0.1, 0.15) is 6.04 Å². The van der Waals surface area contributed by atoms with Gasteiger partial charge in [-0.3, -0.25) is 9.59 Å². The molecule has 174 valence electrons. The monoisotopic (exact) mass is 469 g/mol. The lowest BCUT2D eigenvalue weighted by molar-refractivity contribution is -0.757. The summed E-state index contributed by atoms with van der Waals surface area (Å²) in [6.07, 6.45) is 6.29. The summed E-state index contributed by atoms with van der Waals surface area (Å²) in [6.45, 7) is 1.72. The van der Waals surface area contributed by atoms with E-state index in [-0.39, 0.29) is 41.9 Å². The second-order valence-corrected chi connectivity index (χ2v) is 8.39. The molecule has 12 heteroatoms. The Morgan fingerprint density at radius 2 is 1.83 bits per heavy atom. The molecule has 0 aromatic heterocycles. The standard InChI is InChI=1S/C18H31N3O7S.ClH/c1-14(22)20-15(17(24)27-9-5-6-10-28-21(25)26)12-29-16(23)11-18(13-19)7-3-2-4-8-18;/h15H,2-13,19H2,1H3,(H,20,22);1H. The Morgan fingerprint density at radius 3 is 2.40 bits per heavy atom. The lowest BCUT2D eigenvalue weighted by Crippen LogP contribution is -2.43. The quantitative estimate of drug-likeness (QED) is 0.178. The van der Waals surface area contributed by atoms with Crippen LogP contribution in [0.1, 0.15) is 58.3 Å². The Bertz CT molecular complexity index is 574. The minimum atomic E-state index is -0.934. The van der Waals surface area contributed by atoms with Crippen LogP contribution in [0.3, 0.4) is 0 Å². The molecule has 1 fully saturated rings. The number of rotatable bonds is 13. The summed E-state index contributed by atoms with van der Waals surface area (Å²) in [7, 11) is 0. The van der Waals surface area contributed by atoms with Gasteiger partial charge < -0.3 is 20.6 Å². The van der Waals surface area contributed by atoms with Gasteiger partial charge in [0.2, 0.25) is 5.91 Å². The maximum Gasteiger partial charge on any atom is 0.329 e. The smallest absolute Gasteiger partial charge is 0.329 e. The molecule has 0 aromatic rings. The first-order valence-corrected chi connectivity index (χ1v) is 10.8. The molecule has 0 bridgehead atoms. The molecule has 0 saturated heterocycles. The Labute approximate surface area is 186 Å². The lowest BCUT2D eigenvalue weighted by atomic mass is 9.72. The van der Waals surface area contributed by atoms with E-state index in [1.807, 2.05) is 0 Å². The van der Waals surface area contributed by atoms with E-state index in [2.05, 4.69) is 10.2 Å². The first kappa shape index (κ1) is 28.4. The number of nitrogens with one attached hydrogen (secondary N) is 1. The van der Waals surface area contributed by atoms with Gasteiger partial charge in [-0.1, -0.05) is 31.0 Å². The van der Waals surface area contributed by atoms with E-state index in [9.17, 15) is 24.5 Å². The molecule has 3 N–H and O–H groups in total. The summed E-state index contributed by atoms with van der Waals surface area (Å²) in [6, 6.07) is -0.934. The van der Waals surface area contributed by atoms with Gasteiger partial charge in [-0.15, -0.1) is 22.5 Å². The molecule has 1 aliphatic carbocycles. The van der Waals surface area contributed by atoms with Gasteiger partial charge in [0.15, 0.2) is 5.12 Å². The Balaban J connectivity index is 0.00000841. The van der Waals surface area contributed by atoms with Crippen molar-refractivity contribution in [3.8, 4) is 0 Å². The third kappa shape index (κ3) is 11.6. The zero-order valence-corrected chi connectivity index (χ0v) is 18.9. The van der Waals surface area contributed by atoms with Crippen LogP contribution < -0.4 is 11.1 Å². The van der Waals surface area contributed by atoms with E-state index in [1.54, 1.807) is 0 Å². The van der Waals surface area contributed by atoms with Crippen LogP contribution in [0, 0.1) is 15.5 Å². The maximum atomic E-state index is 12.4. The maximum absolute atomic E-state index is 12.4. The summed E-state index contributed by atoms with van der Waals surface area (Å²) in [5, 5.41) is 11.6. The molecule has 0 aromatic carbocycles. The Hall–Kier alpha value is -1.59. The van der Waals surface area contributed by atoms with Crippen LogP contribution in [0.2, 0.25) is 0 Å². The highest BCUT2D eigenvalue weighted by Gasteiger charge is 2.33. The van der Waals surface area contributed by atoms with Crippen molar-refractivity contribution in [2.24, 2.45) is 11.1 Å². The molecule has 1 saturated carbocycles. The lowest BCUT2D eigenvalue weighted by Gasteiger charge is -2.35. The van der Waals surface area contributed by atoms with Gasteiger partial charge in [0, 0.05) is 19.1 Å². The third-order valence-electron chi connectivity index (χ3n) is 4.92. The average molecular weight is 470 g/mol. The second-order valence-electron chi connectivity index (χ2n) is 7.31. The first-order chi connectivity index (χ1) is 13.8. The number of hydrogen-bond donors (Lipinski definition) is 2. The molecule has 10 nitrogen and oxygen atoms in total. The first-order valence-electron chi connectivity index (χ1n) is 9.85. The highest BCUT2D eigenvalue weighted by molar-refractivity contribution is 8.13. The van der Waals surface area contributed by atoms with Crippen LogP contribution in [0.15, 0.2) is 0 Å². The number of hydrogen-bond acceptors (Lipinski definition) is 9. The van der Waals surface area contributed by atoms with Crippen molar-refractivity contribution in [1.82, 2.24) is 5.32 Å². The number of ether oxygens (including phenoxy) is 1. The summed E-state index contributed by atoms with van der Waals surface area (Å²) in [4.78, 5) is 50.3. The van der Waals surface area contributed by atoms with Crippen LogP contribution in [-0.2, 0) is 24.0 Å². The van der Waals surface area contributed by atoms with Crippen molar-refractivity contribution in [3.63, 3.8) is 0 Å². The van der Waals surface area contributed by atoms with Crippen molar-refractivity contribution in [1.29, 1.82) is 0 Å².